The molecule has 0 heterocycles. The quantitative estimate of drug-likeness (QED) is 0.135. The first-order chi connectivity index (χ1) is 18.2. The van der Waals surface area contributed by atoms with Gasteiger partial charge in [0.15, 0.2) is 0 Å². The van der Waals surface area contributed by atoms with E-state index < -0.39 is 14.5 Å². The highest BCUT2D eigenvalue weighted by Crippen LogP contribution is 2.68. The highest BCUT2D eigenvalue weighted by molar-refractivity contribution is 7.96. The van der Waals surface area contributed by atoms with Crippen LogP contribution in [0, 0.1) is 0 Å². The van der Waals surface area contributed by atoms with Gasteiger partial charge in [0.25, 0.3) is 0 Å². The summed E-state index contributed by atoms with van der Waals surface area (Å²) in [4.78, 5) is 0. The van der Waals surface area contributed by atoms with E-state index in [0.717, 1.165) is 17.1 Å². The minimum atomic E-state index is -6.00. The zero-order chi connectivity index (χ0) is 27.8. The Kier molecular flexibility index (Phi) is 9.81. The molecule has 0 aliphatic carbocycles. The molecular formula is C29H30BF4O3P. The predicted molar refractivity (Wildman–Crippen MR) is 150 cm³/mol. The number of ether oxygens (including phenoxy) is 3. The molecule has 1 atom stereocenters. The molecule has 4 aromatic rings. The molecule has 0 aliphatic rings. The lowest BCUT2D eigenvalue weighted by Crippen LogP contribution is -2.34. The Bertz CT molecular complexity index is 1160. The molecular weight excluding hydrogens is 514 g/mol. The highest BCUT2D eigenvalue weighted by Gasteiger charge is 2.52. The van der Waals surface area contributed by atoms with Gasteiger partial charge < -0.3 is 31.5 Å². The molecule has 1 unspecified atom stereocenters. The molecule has 9 heteroatoms. The lowest BCUT2D eigenvalue weighted by atomic mass is 10.1. The first-order valence-corrected chi connectivity index (χ1v) is 13.7. The van der Waals surface area contributed by atoms with E-state index in [9.17, 15) is 17.3 Å². The maximum absolute atomic E-state index is 9.75. The average Bonchev–Trinajstić information content (AvgIpc) is 2.93. The molecule has 0 aromatic heterocycles. The molecule has 0 N–H and O–H groups in total. The fourth-order valence-electron chi connectivity index (χ4n) is 4.75. The summed E-state index contributed by atoms with van der Waals surface area (Å²) in [5, 5.41) is 3.94. The van der Waals surface area contributed by atoms with Crippen LogP contribution in [0.2, 0.25) is 0 Å². The largest absolute Gasteiger partial charge is 0.673 e. The van der Waals surface area contributed by atoms with Crippen molar-refractivity contribution in [2.24, 2.45) is 0 Å². The van der Waals surface area contributed by atoms with E-state index >= 15 is 0 Å². The molecule has 0 spiro atoms. The molecule has 0 fully saturated rings. The van der Waals surface area contributed by atoms with E-state index in [1.807, 2.05) is 12.1 Å². The van der Waals surface area contributed by atoms with Crippen LogP contribution in [0.4, 0.5) is 17.3 Å². The summed E-state index contributed by atoms with van der Waals surface area (Å²) in [6, 6.07) is 36.4. The summed E-state index contributed by atoms with van der Waals surface area (Å²) in [5.41, 5.74) is 1.12. The molecule has 200 valence electrons. The first kappa shape index (κ1) is 29.1. The van der Waals surface area contributed by atoms with Crippen LogP contribution in [0.25, 0.3) is 0 Å². The van der Waals surface area contributed by atoms with E-state index in [4.69, 9.17) is 14.2 Å². The fraction of sp³-hybridized carbons (Fsp3) is 0.172. The van der Waals surface area contributed by atoms with Crippen LogP contribution in [0.5, 0.6) is 17.2 Å². The van der Waals surface area contributed by atoms with Crippen molar-refractivity contribution in [2.75, 3.05) is 21.3 Å². The van der Waals surface area contributed by atoms with E-state index in [1.165, 1.54) is 15.9 Å². The van der Waals surface area contributed by atoms with Crippen molar-refractivity contribution in [1.29, 1.82) is 0 Å². The fourth-order valence-corrected chi connectivity index (χ4v) is 9.55. The van der Waals surface area contributed by atoms with Crippen molar-refractivity contribution in [3.05, 3.63) is 109 Å². The number of benzene rings is 4. The maximum atomic E-state index is 9.75. The second kappa shape index (κ2) is 12.8. The van der Waals surface area contributed by atoms with Crippen molar-refractivity contribution >= 4 is 30.4 Å². The monoisotopic (exact) mass is 544 g/mol. The molecule has 4 aromatic carbocycles. The number of methoxy groups -OCH3 is 3. The number of hydrogen-bond donors (Lipinski definition) is 0. The molecule has 38 heavy (non-hydrogen) atoms. The zero-order valence-electron chi connectivity index (χ0n) is 21.7. The zero-order valence-corrected chi connectivity index (χ0v) is 22.5. The SMILES string of the molecule is COc1cc(OC)c(C(C)[P+](c2ccccc2)(c2ccccc2)c2ccccc2)c(OC)c1.F[B-](F)(F)F. The van der Waals surface area contributed by atoms with Crippen LogP contribution >= 0.6 is 7.26 Å². The van der Waals surface area contributed by atoms with Gasteiger partial charge >= 0.3 is 7.25 Å². The summed E-state index contributed by atoms with van der Waals surface area (Å²) in [6.07, 6.45) is 0. The summed E-state index contributed by atoms with van der Waals surface area (Å²) >= 11 is 0. The van der Waals surface area contributed by atoms with Crippen molar-refractivity contribution in [3.63, 3.8) is 0 Å². The third-order valence-corrected chi connectivity index (χ3v) is 11.0. The topological polar surface area (TPSA) is 27.7 Å². The second-order valence-corrected chi connectivity index (χ2v) is 12.1. The smallest absolute Gasteiger partial charge is 0.496 e. The summed E-state index contributed by atoms with van der Waals surface area (Å²) in [5.74, 6) is 2.25. The van der Waals surface area contributed by atoms with Gasteiger partial charge in [0.1, 0.15) is 46.1 Å². The molecule has 0 aliphatic heterocycles. The number of halogens is 4. The maximum Gasteiger partial charge on any atom is 0.673 e. The summed E-state index contributed by atoms with van der Waals surface area (Å²) in [7, 11) is -3.10. The first-order valence-electron chi connectivity index (χ1n) is 11.9. The Morgan fingerprint density at radius 1 is 0.579 bits per heavy atom. The predicted octanol–water partition coefficient (Wildman–Crippen LogP) is 7.07. The van der Waals surface area contributed by atoms with Crippen molar-refractivity contribution < 1.29 is 31.5 Å². The summed E-state index contributed by atoms with van der Waals surface area (Å²) in [6.45, 7) is 2.30. The van der Waals surface area contributed by atoms with Gasteiger partial charge in [-0.15, -0.1) is 0 Å². The Morgan fingerprint density at radius 2 is 0.895 bits per heavy atom. The van der Waals surface area contributed by atoms with Crippen LogP contribution in [0.3, 0.4) is 0 Å². The Balaban J connectivity index is 0.000000732. The minimum absolute atomic E-state index is 0.0699. The van der Waals surface area contributed by atoms with E-state index in [-0.39, 0.29) is 5.66 Å². The Labute approximate surface area is 221 Å². The van der Waals surface area contributed by atoms with Crippen LogP contribution in [-0.4, -0.2) is 28.6 Å². The van der Waals surface area contributed by atoms with Gasteiger partial charge in [-0.2, -0.15) is 0 Å². The van der Waals surface area contributed by atoms with E-state index in [2.05, 4.69) is 97.9 Å². The average molecular weight is 544 g/mol. The van der Waals surface area contributed by atoms with Gasteiger partial charge in [-0.3, -0.25) is 0 Å². The van der Waals surface area contributed by atoms with Gasteiger partial charge in [-0.25, -0.2) is 0 Å². The van der Waals surface area contributed by atoms with Gasteiger partial charge in [-0.05, 0) is 43.3 Å². The molecule has 0 saturated heterocycles. The Hall–Kier alpha value is -3.51. The normalized spacial score (nSPS) is 12.1. The van der Waals surface area contributed by atoms with Crippen molar-refractivity contribution in [1.82, 2.24) is 0 Å². The molecule has 0 radical (unpaired) electrons. The van der Waals surface area contributed by atoms with E-state index in [0.29, 0.717) is 5.75 Å². The van der Waals surface area contributed by atoms with Crippen molar-refractivity contribution in [2.45, 2.75) is 12.6 Å². The lowest BCUT2D eigenvalue weighted by Gasteiger charge is -2.34. The van der Waals surface area contributed by atoms with Gasteiger partial charge in [0.05, 0.1) is 26.9 Å². The molecule has 0 bridgehead atoms. The standard InChI is InChI=1S/C29H30O3P.BF4/c1-22(29-27(31-3)20-23(30-2)21-28(29)32-4)33(24-14-8-5-9-15-24,25-16-10-6-11-17-25)26-18-12-7-13-19-26;2-1(3,4)5/h5-22H,1-4H3;/q+1;-1. The van der Waals surface area contributed by atoms with Gasteiger partial charge in [0, 0.05) is 12.1 Å². The van der Waals surface area contributed by atoms with Gasteiger partial charge in [-0.1, -0.05) is 54.6 Å². The number of hydrogen-bond acceptors (Lipinski definition) is 3. The molecule has 3 nitrogen and oxygen atoms in total. The van der Waals surface area contributed by atoms with Crippen LogP contribution in [-0.2, 0) is 0 Å². The lowest BCUT2D eigenvalue weighted by molar-refractivity contribution is 0.368. The van der Waals surface area contributed by atoms with Crippen LogP contribution in [0.15, 0.2) is 103 Å². The van der Waals surface area contributed by atoms with Crippen molar-refractivity contribution in [3.8, 4) is 17.2 Å². The minimum Gasteiger partial charge on any atom is -0.496 e. The molecule has 0 saturated carbocycles. The van der Waals surface area contributed by atoms with Gasteiger partial charge in [0.2, 0.25) is 0 Å². The van der Waals surface area contributed by atoms with E-state index in [1.54, 1.807) is 21.3 Å². The third-order valence-electron chi connectivity index (χ3n) is 6.24. The van der Waals surface area contributed by atoms with Crippen LogP contribution in [0.1, 0.15) is 18.1 Å². The molecule has 4 rings (SSSR count). The Morgan fingerprint density at radius 3 is 1.16 bits per heavy atom. The highest BCUT2D eigenvalue weighted by atomic mass is 31.2. The third kappa shape index (κ3) is 6.49. The molecule has 0 amide bonds. The summed E-state index contributed by atoms with van der Waals surface area (Å²) < 4.78 is 56.3. The number of rotatable bonds is 8. The second-order valence-electron chi connectivity index (χ2n) is 8.35. The van der Waals surface area contributed by atoms with Crippen LogP contribution < -0.4 is 30.1 Å².